The summed E-state index contributed by atoms with van der Waals surface area (Å²) >= 11 is 0. The summed E-state index contributed by atoms with van der Waals surface area (Å²) in [4.78, 5) is 7.62. The summed E-state index contributed by atoms with van der Waals surface area (Å²) in [5.74, 6) is 1.77. The molecule has 3 aliphatic rings. The minimum atomic E-state index is 0.291. The number of benzene rings is 1. The first-order valence-electron chi connectivity index (χ1n) is 10.1. The Hall–Kier alpha value is -1.55. The Kier molecular flexibility index (Phi) is 4.98. The van der Waals surface area contributed by atoms with E-state index >= 15 is 0 Å². The first-order valence-corrected chi connectivity index (χ1v) is 10.1. The molecule has 0 spiro atoms. The molecule has 1 saturated heterocycles. The molecule has 3 fully saturated rings. The molecule has 25 heavy (non-hydrogen) atoms. The molecule has 1 unspecified atom stereocenters. The van der Waals surface area contributed by atoms with Gasteiger partial charge in [0.1, 0.15) is 0 Å². The molecule has 1 aromatic carbocycles. The summed E-state index contributed by atoms with van der Waals surface area (Å²) in [6.07, 6.45) is 6.70. The highest BCUT2D eigenvalue weighted by Gasteiger charge is 2.44. The average molecular weight is 341 g/mol. The van der Waals surface area contributed by atoms with E-state index in [4.69, 9.17) is 4.99 Å². The zero-order valence-electron chi connectivity index (χ0n) is 15.5. The monoisotopic (exact) mass is 340 g/mol. The van der Waals surface area contributed by atoms with Crippen LogP contribution in [0.4, 0.5) is 0 Å². The van der Waals surface area contributed by atoms with Gasteiger partial charge in [0.2, 0.25) is 0 Å². The fraction of sp³-hybridized carbons (Fsp3) is 0.667. The molecule has 2 aliphatic carbocycles. The van der Waals surface area contributed by atoms with Gasteiger partial charge in [-0.2, -0.15) is 0 Å². The molecule has 1 heterocycles. The van der Waals surface area contributed by atoms with E-state index in [0.29, 0.717) is 5.41 Å². The van der Waals surface area contributed by atoms with Crippen molar-refractivity contribution in [1.29, 1.82) is 0 Å². The minimum absolute atomic E-state index is 0.291. The Morgan fingerprint density at radius 1 is 1.16 bits per heavy atom. The van der Waals surface area contributed by atoms with Crippen LogP contribution in [0.5, 0.6) is 0 Å². The fourth-order valence-electron chi connectivity index (χ4n) is 4.09. The number of guanidine groups is 1. The van der Waals surface area contributed by atoms with Crippen molar-refractivity contribution < 1.29 is 0 Å². The van der Waals surface area contributed by atoms with Gasteiger partial charge in [0, 0.05) is 31.1 Å². The minimum Gasteiger partial charge on any atom is -0.357 e. The van der Waals surface area contributed by atoms with Crippen molar-refractivity contribution in [3.63, 3.8) is 0 Å². The van der Waals surface area contributed by atoms with Crippen LogP contribution >= 0.6 is 0 Å². The quantitative estimate of drug-likeness (QED) is 0.592. The molecule has 0 amide bonds. The van der Waals surface area contributed by atoms with Gasteiger partial charge in [0.15, 0.2) is 5.96 Å². The summed E-state index contributed by atoms with van der Waals surface area (Å²) in [6, 6.07) is 11.8. The third-order valence-electron chi connectivity index (χ3n) is 6.06. The van der Waals surface area contributed by atoms with Gasteiger partial charge in [-0.05, 0) is 57.1 Å². The van der Waals surface area contributed by atoms with Gasteiger partial charge in [-0.15, -0.1) is 0 Å². The Labute approximate surface area is 152 Å². The van der Waals surface area contributed by atoms with E-state index < -0.39 is 0 Å². The van der Waals surface area contributed by atoms with E-state index in [1.807, 2.05) is 0 Å². The van der Waals surface area contributed by atoms with Gasteiger partial charge in [0.05, 0.1) is 6.54 Å². The SMILES string of the molecule is CCNC(=NCC1(c2ccccc2)CC1)NCC1CCN(C2CC2)C1. The predicted octanol–water partition coefficient (Wildman–Crippen LogP) is 2.76. The first-order chi connectivity index (χ1) is 12.3. The molecule has 1 atom stereocenters. The number of rotatable bonds is 7. The lowest BCUT2D eigenvalue weighted by Gasteiger charge is -2.18. The van der Waals surface area contributed by atoms with Gasteiger partial charge >= 0.3 is 0 Å². The van der Waals surface area contributed by atoms with E-state index in [2.05, 4.69) is 52.8 Å². The zero-order valence-corrected chi connectivity index (χ0v) is 15.5. The van der Waals surface area contributed by atoms with Crippen molar-refractivity contribution in [2.75, 3.05) is 32.7 Å². The molecule has 4 heteroatoms. The molecule has 136 valence electrons. The molecule has 0 bridgehead atoms. The average Bonchev–Trinajstić information content (AvgIpc) is 3.58. The molecule has 0 aromatic heterocycles. The molecule has 4 nitrogen and oxygen atoms in total. The summed E-state index contributed by atoms with van der Waals surface area (Å²) in [5.41, 5.74) is 1.74. The zero-order chi connectivity index (χ0) is 17.1. The Morgan fingerprint density at radius 3 is 2.64 bits per heavy atom. The summed E-state index contributed by atoms with van der Waals surface area (Å²) < 4.78 is 0. The number of hydrogen-bond donors (Lipinski definition) is 2. The van der Waals surface area contributed by atoms with Crippen molar-refractivity contribution in [2.24, 2.45) is 10.9 Å². The number of nitrogens with zero attached hydrogens (tertiary/aromatic N) is 2. The van der Waals surface area contributed by atoms with Crippen LogP contribution in [-0.4, -0.2) is 49.6 Å². The van der Waals surface area contributed by atoms with Crippen molar-refractivity contribution >= 4 is 5.96 Å². The lowest BCUT2D eigenvalue weighted by atomic mass is 9.96. The lowest BCUT2D eigenvalue weighted by Crippen LogP contribution is -2.41. The lowest BCUT2D eigenvalue weighted by molar-refractivity contribution is 0.314. The second kappa shape index (κ2) is 7.36. The van der Waals surface area contributed by atoms with Gasteiger partial charge in [0.25, 0.3) is 0 Å². The third-order valence-corrected chi connectivity index (χ3v) is 6.06. The number of hydrogen-bond acceptors (Lipinski definition) is 2. The molecule has 2 saturated carbocycles. The van der Waals surface area contributed by atoms with E-state index in [1.54, 1.807) is 0 Å². The third kappa shape index (κ3) is 4.17. The van der Waals surface area contributed by atoms with E-state index in [-0.39, 0.29) is 0 Å². The Balaban J connectivity index is 1.30. The molecule has 2 N–H and O–H groups in total. The van der Waals surface area contributed by atoms with Crippen molar-refractivity contribution in [3.8, 4) is 0 Å². The molecule has 4 rings (SSSR count). The highest BCUT2D eigenvalue weighted by molar-refractivity contribution is 5.79. The predicted molar refractivity (Wildman–Crippen MR) is 104 cm³/mol. The fourth-order valence-corrected chi connectivity index (χ4v) is 4.09. The van der Waals surface area contributed by atoms with Crippen LogP contribution in [0.3, 0.4) is 0 Å². The normalized spacial score (nSPS) is 25.8. The molecule has 0 radical (unpaired) electrons. The molecule has 1 aliphatic heterocycles. The largest absolute Gasteiger partial charge is 0.357 e. The maximum Gasteiger partial charge on any atom is 0.191 e. The van der Waals surface area contributed by atoms with Gasteiger partial charge in [-0.25, -0.2) is 0 Å². The van der Waals surface area contributed by atoms with Crippen LogP contribution in [0.2, 0.25) is 0 Å². The summed E-state index contributed by atoms with van der Waals surface area (Å²) in [6.45, 7) is 7.57. The highest BCUT2D eigenvalue weighted by Crippen LogP contribution is 2.48. The van der Waals surface area contributed by atoms with E-state index in [0.717, 1.165) is 37.6 Å². The molecular formula is C21H32N4. The topological polar surface area (TPSA) is 39.7 Å². The van der Waals surface area contributed by atoms with E-state index in [1.165, 1.54) is 50.8 Å². The summed E-state index contributed by atoms with van der Waals surface area (Å²) in [7, 11) is 0. The van der Waals surface area contributed by atoms with Gasteiger partial charge < -0.3 is 15.5 Å². The molecular weight excluding hydrogens is 308 g/mol. The van der Waals surface area contributed by atoms with Crippen molar-refractivity contribution in [3.05, 3.63) is 35.9 Å². The van der Waals surface area contributed by atoms with Crippen LogP contribution in [0.15, 0.2) is 35.3 Å². The maximum atomic E-state index is 4.93. The van der Waals surface area contributed by atoms with E-state index in [9.17, 15) is 0 Å². The van der Waals surface area contributed by atoms with Crippen LogP contribution < -0.4 is 10.6 Å². The van der Waals surface area contributed by atoms with Crippen LogP contribution in [-0.2, 0) is 5.41 Å². The van der Waals surface area contributed by atoms with Gasteiger partial charge in [-0.3, -0.25) is 4.99 Å². The summed E-state index contributed by atoms with van der Waals surface area (Å²) in [5, 5.41) is 7.04. The standard InChI is InChI=1S/C21H32N4/c1-2-22-20(23-14-17-10-13-25(15-17)19-8-9-19)24-16-21(11-12-21)18-6-4-3-5-7-18/h3-7,17,19H,2,8-16H2,1H3,(H2,22,23,24). The smallest absolute Gasteiger partial charge is 0.191 e. The van der Waals surface area contributed by atoms with Crippen LogP contribution in [0.1, 0.15) is 44.6 Å². The second-order valence-corrected chi connectivity index (χ2v) is 8.10. The highest BCUT2D eigenvalue weighted by atomic mass is 15.2. The molecule has 1 aromatic rings. The van der Waals surface area contributed by atoms with Crippen molar-refractivity contribution in [1.82, 2.24) is 15.5 Å². The first kappa shape index (κ1) is 16.9. The Morgan fingerprint density at radius 2 is 1.96 bits per heavy atom. The van der Waals surface area contributed by atoms with Crippen LogP contribution in [0.25, 0.3) is 0 Å². The maximum absolute atomic E-state index is 4.93. The second-order valence-electron chi connectivity index (χ2n) is 8.10. The van der Waals surface area contributed by atoms with Crippen LogP contribution in [0, 0.1) is 5.92 Å². The number of aliphatic imine (C=N–C) groups is 1. The van der Waals surface area contributed by atoms with Crippen molar-refractivity contribution in [2.45, 2.75) is 50.5 Å². The van der Waals surface area contributed by atoms with Gasteiger partial charge in [-0.1, -0.05) is 30.3 Å². The number of likely N-dealkylation sites (tertiary alicyclic amines) is 1. The Bertz CT molecular complexity index is 589. The number of nitrogens with one attached hydrogen (secondary N) is 2.